The summed E-state index contributed by atoms with van der Waals surface area (Å²) < 4.78 is 11.3. The summed E-state index contributed by atoms with van der Waals surface area (Å²) in [5.74, 6) is 0.140. The zero-order chi connectivity index (χ0) is 13.6. The molecule has 0 aliphatic rings. The van der Waals surface area contributed by atoms with Crippen molar-refractivity contribution in [1.29, 1.82) is 0 Å². The molecular weight excluding hydrogens is 251 g/mol. The van der Waals surface area contributed by atoms with Gasteiger partial charge in [0.25, 0.3) is 0 Å². The van der Waals surface area contributed by atoms with Crippen molar-refractivity contribution in [2.24, 2.45) is 0 Å². The van der Waals surface area contributed by atoms with Gasteiger partial charge in [0.15, 0.2) is 0 Å². The van der Waals surface area contributed by atoms with E-state index in [4.69, 9.17) is 14.4 Å². The molecule has 0 radical (unpaired) electrons. The molecule has 0 saturated carbocycles. The van der Waals surface area contributed by atoms with E-state index in [1.807, 2.05) is 0 Å². The molecule has 0 rings (SSSR count). The second kappa shape index (κ2) is 13.2. The van der Waals surface area contributed by atoms with Crippen LogP contribution >= 0.6 is 11.8 Å². The van der Waals surface area contributed by atoms with Crippen molar-refractivity contribution in [2.75, 3.05) is 24.7 Å². The highest BCUT2D eigenvalue weighted by molar-refractivity contribution is 7.99. The molecule has 0 atom stereocenters. The fourth-order valence-corrected chi connectivity index (χ4v) is 1.95. The molecule has 0 fully saturated rings. The molecule has 18 heavy (non-hydrogen) atoms. The van der Waals surface area contributed by atoms with Crippen molar-refractivity contribution in [2.45, 2.75) is 45.9 Å². The number of unbranched alkanes of at least 4 members (excludes halogenated alkanes) is 2. The zero-order valence-electron chi connectivity index (χ0n) is 11.5. The molecule has 0 heterocycles. The number of hydrogen-bond donors (Lipinski definition) is 1. The number of carboxylic acid groups (broad SMARTS) is 1. The summed E-state index contributed by atoms with van der Waals surface area (Å²) in [4.78, 5) is 10.4. The van der Waals surface area contributed by atoms with Crippen molar-refractivity contribution >= 4 is 24.8 Å². The number of carbonyl (C=O) groups is 1. The molecule has 0 bridgehead atoms. The predicted molar refractivity (Wildman–Crippen MR) is 77.2 cm³/mol. The number of thioether (sulfide) groups is 1. The molecule has 1 N–H and O–H groups in total. The molecule has 0 saturated heterocycles. The summed E-state index contributed by atoms with van der Waals surface area (Å²) >= 11 is 1.41. The SMILES string of the molecule is CCCCOB(CCSCC(=O)O)OCCCC. The van der Waals surface area contributed by atoms with E-state index in [-0.39, 0.29) is 12.9 Å². The van der Waals surface area contributed by atoms with Gasteiger partial charge in [-0.3, -0.25) is 4.79 Å². The van der Waals surface area contributed by atoms with E-state index in [0.717, 1.165) is 51.0 Å². The van der Waals surface area contributed by atoms with Crippen molar-refractivity contribution in [3.8, 4) is 0 Å². The Morgan fingerprint density at radius 3 is 2.17 bits per heavy atom. The average molecular weight is 276 g/mol. The molecule has 0 aromatic carbocycles. The minimum absolute atomic E-state index is 0.149. The van der Waals surface area contributed by atoms with Crippen LogP contribution in [-0.4, -0.2) is 42.9 Å². The summed E-state index contributed by atoms with van der Waals surface area (Å²) in [7, 11) is -0.176. The zero-order valence-corrected chi connectivity index (χ0v) is 12.3. The lowest BCUT2D eigenvalue weighted by Crippen LogP contribution is -2.25. The summed E-state index contributed by atoms with van der Waals surface area (Å²) in [6.07, 6.45) is 5.04. The lowest BCUT2D eigenvalue weighted by atomic mass is 9.85. The molecule has 0 spiro atoms. The fraction of sp³-hybridized carbons (Fsp3) is 0.917. The van der Waals surface area contributed by atoms with Crippen LogP contribution in [0.4, 0.5) is 0 Å². The number of rotatable bonds is 13. The van der Waals surface area contributed by atoms with Gasteiger partial charge >= 0.3 is 13.1 Å². The Morgan fingerprint density at radius 2 is 1.72 bits per heavy atom. The summed E-state index contributed by atoms with van der Waals surface area (Å²) in [5, 5.41) is 8.54. The Labute approximate surface area is 115 Å². The maximum atomic E-state index is 10.4. The first-order valence-electron chi connectivity index (χ1n) is 6.73. The highest BCUT2D eigenvalue weighted by atomic mass is 32.2. The number of carboxylic acids is 1. The van der Waals surface area contributed by atoms with Gasteiger partial charge in [0.05, 0.1) is 5.75 Å². The predicted octanol–water partition coefficient (Wildman–Crippen LogP) is 2.93. The summed E-state index contributed by atoms with van der Waals surface area (Å²) in [5.41, 5.74) is 0. The average Bonchev–Trinajstić information content (AvgIpc) is 2.34. The Hall–Kier alpha value is -0.195. The Balaban J connectivity index is 3.69. The molecule has 0 amide bonds. The quantitative estimate of drug-likeness (QED) is 0.414. The van der Waals surface area contributed by atoms with Gasteiger partial charge in [0, 0.05) is 13.2 Å². The first-order valence-corrected chi connectivity index (χ1v) is 7.88. The van der Waals surface area contributed by atoms with E-state index in [2.05, 4.69) is 13.8 Å². The summed E-state index contributed by atoms with van der Waals surface area (Å²) in [6, 6.07) is 0. The van der Waals surface area contributed by atoms with Gasteiger partial charge in [-0.2, -0.15) is 11.8 Å². The lowest BCUT2D eigenvalue weighted by molar-refractivity contribution is -0.133. The van der Waals surface area contributed by atoms with E-state index in [0.29, 0.717) is 0 Å². The van der Waals surface area contributed by atoms with E-state index in [1.54, 1.807) is 0 Å². The topological polar surface area (TPSA) is 55.8 Å². The minimum Gasteiger partial charge on any atom is -0.481 e. The highest BCUT2D eigenvalue weighted by Crippen LogP contribution is 2.08. The van der Waals surface area contributed by atoms with Crippen LogP contribution in [0.2, 0.25) is 6.32 Å². The van der Waals surface area contributed by atoms with Crippen LogP contribution in [0.3, 0.4) is 0 Å². The second-order valence-corrected chi connectivity index (χ2v) is 5.22. The Bertz CT molecular complexity index is 195. The molecular formula is C12H25BO4S. The molecule has 0 aromatic heterocycles. The lowest BCUT2D eigenvalue weighted by Gasteiger charge is -2.14. The molecule has 0 aromatic rings. The third-order valence-corrected chi connectivity index (χ3v) is 3.30. The maximum Gasteiger partial charge on any atom is 0.457 e. The monoisotopic (exact) mass is 276 g/mol. The van der Waals surface area contributed by atoms with Crippen LogP contribution in [0, 0.1) is 0 Å². The van der Waals surface area contributed by atoms with Crippen LogP contribution in [-0.2, 0) is 14.1 Å². The Morgan fingerprint density at radius 1 is 1.17 bits per heavy atom. The van der Waals surface area contributed by atoms with Gasteiger partial charge in [0.1, 0.15) is 0 Å². The van der Waals surface area contributed by atoms with Gasteiger partial charge in [-0.25, -0.2) is 0 Å². The minimum atomic E-state index is -0.768. The normalized spacial score (nSPS) is 10.6. The molecule has 0 aliphatic heterocycles. The highest BCUT2D eigenvalue weighted by Gasteiger charge is 2.17. The maximum absolute atomic E-state index is 10.4. The van der Waals surface area contributed by atoms with Gasteiger partial charge in [-0.1, -0.05) is 26.7 Å². The van der Waals surface area contributed by atoms with Crippen molar-refractivity contribution in [1.82, 2.24) is 0 Å². The first-order chi connectivity index (χ1) is 8.70. The second-order valence-electron chi connectivity index (χ2n) is 4.11. The smallest absolute Gasteiger partial charge is 0.457 e. The number of aliphatic carboxylic acids is 1. The van der Waals surface area contributed by atoms with Gasteiger partial charge in [-0.15, -0.1) is 0 Å². The number of hydrogen-bond acceptors (Lipinski definition) is 4. The summed E-state index contributed by atoms with van der Waals surface area (Å²) in [6.45, 7) is 5.69. The van der Waals surface area contributed by atoms with Crippen LogP contribution in [0.15, 0.2) is 0 Å². The van der Waals surface area contributed by atoms with Crippen LogP contribution in [0.1, 0.15) is 39.5 Å². The molecule has 6 heteroatoms. The molecule has 0 aliphatic carbocycles. The standard InChI is InChI=1S/C12H25BO4S/c1-3-5-8-16-13(17-9-6-4-2)7-10-18-11-12(14)15/h3-11H2,1-2H3,(H,14,15). The van der Waals surface area contributed by atoms with Gasteiger partial charge in [0.2, 0.25) is 0 Å². The third-order valence-electron chi connectivity index (χ3n) is 2.33. The van der Waals surface area contributed by atoms with E-state index >= 15 is 0 Å². The van der Waals surface area contributed by atoms with Crippen LogP contribution in [0.5, 0.6) is 0 Å². The third kappa shape index (κ3) is 12.3. The van der Waals surface area contributed by atoms with Crippen LogP contribution in [0.25, 0.3) is 0 Å². The van der Waals surface area contributed by atoms with Gasteiger partial charge < -0.3 is 14.4 Å². The van der Waals surface area contributed by atoms with E-state index in [9.17, 15) is 4.79 Å². The largest absolute Gasteiger partial charge is 0.481 e. The van der Waals surface area contributed by atoms with E-state index < -0.39 is 5.97 Å². The van der Waals surface area contributed by atoms with Crippen molar-refractivity contribution in [3.05, 3.63) is 0 Å². The first kappa shape index (κ1) is 17.8. The van der Waals surface area contributed by atoms with Gasteiger partial charge in [-0.05, 0) is 24.9 Å². The van der Waals surface area contributed by atoms with Crippen molar-refractivity contribution in [3.63, 3.8) is 0 Å². The molecule has 106 valence electrons. The fourth-order valence-electron chi connectivity index (χ4n) is 1.27. The molecule has 0 unspecified atom stereocenters. The Kier molecular flexibility index (Phi) is 13.1. The van der Waals surface area contributed by atoms with Crippen LogP contribution < -0.4 is 0 Å². The van der Waals surface area contributed by atoms with Crippen molar-refractivity contribution < 1.29 is 19.2 Å². The molecule has 4 nitrogen and oxygen atoms in total. The van der Waals surface area contributed by atoms with E-state index in [1.165, 1.54) is 11.8 Å².